The molecule has 1 N–H and O–H groups in total. The van der Waals surface area contributed by atoms with E-state index in [0.717, 1.165) is 37.0 Å². The van der Waals surface area contributed by atoms with Crippen LogP contribution in [-0.2, 0) is 10.0 Å². The summed E-state index contributed by atoms with van der Waals surface area (Å²) in [4.78, 5) is 13.1. The first-order chi connectivity index (χ1) is 14.5. The molecular weight excluding hydrogens is 400 g/mol. The maximum absolute atomic E-state index is 13.1. The van der Waals surface area contributed by atoms with E-state index in [1.54, 1.807) is 29.6 Å². The first kappa shape index (κ1) is 22.3. The lowest BCUT2D eigenvalue weighted by atomic mass is 10.0. The van der Waals surface area contributed by atoms with Gasteiger partial charge in [-0.25, -0.2) is 8.42 Å². The van der Waals surface area contributed by atoms with Gasteiger partial charge < -0.3 is 10.1 Å². The van der Waals surface area contributed by atoms with Gasteiger partial charge in [-0.05, 0) is 55.2 Å². The zero-order valence-electron chi connectivity index (χ0n) is 17.6. The minimum absolute atomic E-state index is 0.172. The average Bonchev–Trinajstić information content (AvgIpc) is 3.08. The maximum Gasteiger partial charge on any atom is 0.251 e. The topological polar surface area (TPSA) is 75.7 Å². The van der Waals surface area contributed by atoms with Crippen molar-refractivity contribution in [3.05, 3.63) is 59.7 Å². The molecule has 2 aromatic carbocycles. The summed E-state index contributed by atoms with van der Waals surface area (Å²) in [7, 11) is -1.98. The fraction of sp³-hybridized carbons (Fsp3) is 0.435. The lowest BCUT2D eigenvalue weighted by molar-refractivity contribution is 0.0935. The summed E-state index contributed by atoms with van der Waals surface area (Å²) >= 11 is 0. The summed E-state index contributed by atoms with van der Waals surface area (Å²) in [6.07, 6.45) is 4.57. The molecule has 1 aliphatic rings. The van der Waals surface area contributed by atoms with Crippen LogP contribution in [0.15, 0.2) is 53.4 Å². The molecule has 0 saturated carbocycles. The van der Waals surface area contributed by atoms with Crippen LogP contribution in [0.1, 0.15) is 61.0 Å². The highest BCUT2D eigenvalue weighted by Crippen LogP contribution is 2.23. The Morgan fingerprint density at radius 2 is 1.73 bits per heavy atom. The number of sulfonamides is 1. The molecule has 0 bridgehead atoms. The average molecular weight is 431 g/mol. The number of amides is 1. The van der Waals surface area contributed by atoms with Gasteiger partial charge in [-0.3, -0.25) is 4.79 Å². The molecule has 1 heterocycles. The monoisotopic (exact) mass is 430 g/mol. The molecule has 1 atom stereocenters. The smallest absolute Gasteiger partial charge is 0.251 e. The van der Waals surface area contributed by atoms with Crippen molar-refractivity contribution in [1.29, 1.82) is 0 Å². The molecule has 0 unspecified atom stereocenters. The predicted molar refractivity (Wildman–Crippen MR) is 117 cm³/mol. The van der Waals surface area contributed by atoms with Gasteiger partial charge in [0.2, 0.25) is 10.0 Å². The van der Waals surface area contributed by atoms with Crippen molar-refractivity contribution >= 4 is 15.9 Å². The molecule has 0 aromatic heterocycles. The van der Waals surface area contributed by atoms with E-state index >= 15 is 0 Å². The van der Waals surface area contributed by atoms with Gasteiger partial charge in [0, 0.05) is 18.7 Å². The van der Waals surface area contributed by atoms with E-state index in [9.17, 15) is 13.2 Å². The Morgan fingerprint density at radius 3 is 2.33 bits per heavy atom. The second kappa shape index (κ2) is 10.1. The highest BCUT2D eigenvalue weighted by atomic mass is 32.2. The molecule has 1 amide bonds. The van der Waals surface area contributed by atoms with Gasteiger partial charge in [0.15, 0.2) is 0 Å². The molecule has 1 aliphatic heterocycles. The zero-order chi connectivity index (χ0) is 21.6. The molecule has 30 heavy (non-hydrogen) atoms. The summed E-state index contributed by atoms with van der Waals surface area (Å²) in [5, 5.41) is 3.02. The van der Waals surface area contributed by atoms with E-state index in [4.69, 9.17) is 4.74 Å². The predicted octanol–water partition coefficient (Wildman–Crippen LogP) is 4.14. The molecule has 1 saturated heterocycles. The van der Waals surface area contributed by atoms with E-state index in [0.29, 0.717) is 25.1 Å². The van der Waals surface area contributed by atoms with E-state index in [2.05, 4.69) is 5.32 Å². The van der Waals surface area contributed by atoms with Gasteiger partial charge >= 0.3 is 0 Å². The first-order valence-electron chi connectivity index (χ1n) is 10.5. The lowest BCUT2D eigenvalue weighted by Gasteiger charge is -2.21. The van der Waals surface area contributed by atoms with Crippen LogP contribution in [0, 0.1) is 0 Å². The Bertz CT molecular complexity index is 949. The number of carbonyl (C=O) groups is 1. The number of rotatable bonds is 7. The fourth-order valence-electron chi connectivity index (χ4n) is 3.73. The minimum atomic E-state index is -3.60. The molecule has 0 spiro atoms. The summed E-state index contributed by atoms with van der Waals surface area (Å²) in [6, 6.07) is 13.7. The summed E-state index contributed by atoms with van der Waals surface area (Å²) < 4.78 is 32.8. The fourth-order valence-corrected chi connectivity index (χ4v) is 5.29. The zero-order valence-corrected chi connectivity index (χ0v) is 18.5. The van der Waals surface area contributed by atoms with Crippen molar-refractivity contribution in [2.45, 2.75) is 50.0 Å². The normalized spacial score (nSPS) is 16.5. The third kappa shape index (κ3) is 5.21. The molecule has 162 valence electrons. The molecule has 0 aliphatic carbocycles. The number of carbonyl (C=O) groups excluding carboxylic acids is 1. The van der Waals surface area contributed by atoms with Gasteiger partial charge in [-0.1, -0.05) is 38.0 Å². The van der Waals surface area contributed by atoms with Crippen LogP contribution in [0.2, 0.25) is 0 Å². The van der Waals surface area contributed by atoms with Gasteiger partial charge in [-0.2, -0.15) is 4.31 Å². The molecular formula is C23H30N2O4S. The highest BCUT2D eigenvalue weighted by molar-refractivity contribution is 7.89. The Morgan fingerprint density at radius 1 is 1.07 bits per heavy atom. The van der Waals surface area contributed by atoms with Crippen molar-refractivity contribution < 1.29 is 17.9 Å². The highest BCUT2D eigenvalue weighted by Gasteiger charge is 2.26. The van der Waals surface area contributed by atoms with Crippen molar-refractivity contribution in [3.63, 3.8) is 0 Å². The van der Waals surface area contributed by atoms with Crippen LogP contribution in [0.25, 0.3) is 0 Å². The standard InChI is InChI=1S/C23H30N2O4S/c1-3-22(18-11-13-20(29-2)14-12-18)24-23(26)19-9-8-10-21(17-19)30(27,28)25-15-6-4-5-7-16-25/h8-14,17,22H,3-7,15-16H2,1-2H3,(H,24,26)/t22-/m0/s1. The number of nitrogens with zero attached hydrogens (tertiary/aromatic N) is 1. The Labute approximate surface area is 179 Å². The third-order valence-electron chi connectivity index (χ3n) is 5.53. The molecule has 2 aromatic rings. The SMILES string of the molecule is CC[C@H](NC(=O)c1cccc(S(=O)(=O)N2CCCCCC2)c1)c1ccc(OC)cc1. The number of hydrogen-bond acceptors (Lipinski definition) is 4. The molecule has 3 rings (SSSR count). The van der Waals surface area contributed by atoms with Crippen molar-refractivity contribution in [1.82, 2.24) is 9.62 Å². The van der Waals surface area contributed by atoms with E-state index in [-0.39, 0.29) is 16.8 Å². The number of ether oxygens (including phenoxy) is 1. The van der Waals surface area contributed by atoms with Crippen molar-refractivity contribution in [2.24, 2.45) is 0 Å². The van der Waals surface area contributed by atoms with Crippen LogP contribution >= 0.6 is 0 Å². The van der Waals surface area contributed by atoms with Crippen molar-refractivity contribution in [2.75, 3.05) is 20.2 Å². The number of methoxy groups -OCH3 is 1. The summed E-state index contributed by atoms with van der Waals surface area (Å²) in [5.74, 6) is 0.469. The summed E-state index contributed by atoms with van der Waals surface area (Å²) in [5.41, 5.74) is 1.32. The first-order valence-corrected chi connectivity index (χ1v) is 11.9. The van der Waals surface area contributed by atoms with Crippen LogP contribution in [-0.4, -0.2) is 38.8 Å². The largest absolute Gasteiger partial charge is 0.497 e. The quantitative estimate of drug-likeness (QED) is 0.716. The van der Waals surface area contributed by atoms with E-state index in [1.807, 2.05) is 31.2 Å². The summed E-state index contributed by atoms with van der Waals surface area (Å²) in [6.45, 7) is 3.07. The van der Waals surface area contributed by atoms with Gasteiger partial charge in [0.1, 0.15) is 5.75 Å². The van der Waals surface area contributed by atoms with E-state index in [1.165, 1.54) is 6.07 Å². The van der Waals surface area contributed by atoms with Crippen LogP contribution in [0.4, 0.5) is 0 Å². The van der Waals surface area contributed by atoms with Crippen LogP contribution in [0.3, 0.4) is 0 Å². The second-order valence-corrected chi connectivity index (χ2v) is 9.49. The van der Waals surface area contributed by atoms with Gasteiger partial charge in [-0.15, -0.1) is 0 Å². The Kier molecular flexibility index (Phi) is 7.50. The van der Waals surface area contributed by atoms with Crippen LogP contribution in [0.5, 0.6) is 5.75 Å². The molecule has 7 heteroatoms. The van der Waals surface area contributed by atoms with Gasteiger partial charge in [0.25, 0.3) is 5.91 Å². The molecule has 1 fully saturated rings. The Hall–Kier alpha value is -2.38. The second-order valence-electron chi connectivity index (χ2n) is 7.55. The van der Waals surface area contributed by atoms with E-state index < -0.39 is 10.0 Å². The maximum atomic E-state index is 13.1. The lowest BCUT2D eigenvalue weighted by Crippen LogP contribution is -2.32. The Balaban J connectivity index is 1.77. The van der Waals surface area contributed by atoms with Crippen molar-refractivity contribution in [3.8, 4) is 5.75 Å². The molecule has 6 nitrogen and oxygen atoms in total. The van der Waals surface area contributed by atoms with Gasteiger partial charge in [0.05, 0.1) is 18.0 Å². The molecule has 0 radical (unpaired) electrons. The third-order valence-corrected chi connectivity index (χ3v) is 7.43. The van der Waals surface area contributed by atoms with Crippen LogP contribution < -0.4 is 10.1 Å². The number of nitrogens with one attached hydrogen (secondary N) is 1. The minimum Gasteiger partial charge on any atom is -0.497 e. The number of benzene rings is 2. The number of hydrogen-bond donors (Lipinski definition) is 1.